The molecule has 5 nitrogen and oxygen atoms in total. The third-order valence-corrected chi connectivity index (χ3v) is 3.54. The standard InChI is InChI=1S/C15H19NO4/c1-3-16-10-13(11-7-5-4-6-8-11)20-15(18)12(16)9-14(17)19-2/h4-8,12-13H,3,9-10H2,1-2H3/t12?,13-/m1/s1. The number of hydrogen-bond donors (Lipinski definition) is 0. The zero-order valence-electron chi connectivity index (χ0n) is 11.7. The second-order valence-electron chi connectivity index (χ2n) is 4.72. The SMILES string of the molecule is CCN1C[C@H](c2ccccc2)OC(=O)C1CC(=O)OC. The summed E-state index contributed by atoms with van der Waals surface area (Å²) in [6.45, 7) is 3.24. The van der Waals surface area contributed by atoms with E-state index in [1.165, 1.54) is 7.11 Å². The molecule has 0 bridgehead atoms. The smallest absolute Gasteiger partial charge is 0.324 e. The minimum absolute atomic E-state index is 0.0324. The van der Waals surface area contributed by atoms with Gasteiger partial charge in [0.1, 0.15) is 12.1 Å². The first-order valence-corrected chi connectivity index (χ1v) is 6.72. The molecule has 20 heavy (non-hydrogen) atoms. The molecule has 1 aliphatic rings. The number of nitrogens with zero attached hydrogens (tertiary/aromatic N) is 1. The molecule has 1 aromatic rings. The van der Waals surface area contributed by atoms with E-state index < -0.39 is 12.0 Å². The van der Waals surface area contributed by atoms with Crippen LogP contribution in [0.5, 0.6) is 0 Å². The summed E-state index contributed by atoms with van der Waals surface area (Å²) in [7, 11) is 1.32. The topological polar surface area (TPSA) is 55.8 Å². The average molecular weight is 277 g/mol. The highest BCUT2D eigenvalue weighted by Gasteiger charge is 2.37. The largest absolute Gasteiger partial charge is 0.469 e. The first-order chi connectivity index (χ1) is 9.65. The molecule has 1 aliphatic heterocycles. The molecule has 1 heterocycles. The number of hydrogen-bond acceptors (Lipinski definition) is 5. The number of ether oxygens (including phenoxy) is 2. The molecule has 0 amide bonds. The summed E-state index contributed by atoms with van der Waals surface area (Å²) in [6.07, 6.45) is -0.248. The number of methoxy groups -OCH3 is 1. The van der Waals surface area contributed by atoms with Crippen molar-refractivity contribution in [3.05, 3.63) is 35.9 Å². The Labute approximate surface area is 118 Å². The maximum atomic E-state index is 12.1. The van der Waals surface area contributed by atoms with Crippen molar-refractivity contribution >= 4 is 11.9 Å². The summed E-state index contributed by atoms with van der Waals surface area (Å²) < 4.78 is 10.1. The molecule has 0 radical (unpaired) electrons. The maximum Gasteiger partial charge on any atom is 0.324 e. The lowest BCUT2D eigenvalue weighted by Crippen LogP contribution is -2.50. The summed E-state index contributed by atoms with van der Waals surface area (Å²) in [5.41, 5.74) is 0.968. The Kier molecular flexibility index (Phi) is 4.74. The summed E-state index contributed by atoms with van der Waals surface area (Å²) in [5, 5.41) is 0. The number of morpholine rings is 1. The lowest BCUT2D eigenvalue weighted by Gasteiger charge is -2.37. The van der Waals surface area contributed by atoms with Crippen molar-refractivity contribution in [1.82, 2.24) is 4.90 Å². The van der Waals surface area contributed by atoms with E-state index in [9.17, 15) is 9.59 Å². The molecule has 2 rings (SSSR count). The van der Waals surface area contributed by atoms with Crippen LogP contribution >= 0.6 is 0 Å². The van der Waals surface area contributed by atoms with Crippen molar-refractivity contribution in [2.45, 2.75) is 25.5 Å². The normalized spacial score (nSPS) is 23.2. The molecule has 0 aromatic heterocycles. The van der Waals surface area contributed by atoms with E-state index in [1.807, 2.05) is 42.2 Å². The molecular weight excluding hydrogens is 258 g/mol. The van der Waals surface area contributed by atoms with E-state index in [0.717, 1.165) is 5.56 Å². The molecule has 1 fully saturated rings. The molecule has 1 aromatic carbocycles. The number of cyclic esters (lactones) is 1. The van der Waals surface area contributed by atoms with Gasteiger partial charge in [0.05, 0.1) is 13.5 Å². The fraction of sp³-hybridized carbons (Fsp3) is 0.467. The van der Waals surface area contributed by atoms with Crippen LogP contribution in [0.2, 0.25) is 0 Å². The highest BCUT2D eigenvalue weighted by molar-refractivity contribution is 5.83. The van der Waals surface area contributed by atoms with E-state index in [2.05, 4.69) is 4.74 Å². The predicted octanol–water partition coefficient (Wildman–Crippen LogP) is 1.54. The minimum Gasteiger partial charge on any atom is -0.469 e. The van der Waals surface area contributed by atoms with Crippen LogP contribution in [-0.4, -0.2) is 43.1 Å². The highest BCUT2D eigenvalue weighted by atomic mass is 16.6. The lowest BCUT2D eigenvalue weighted by molar-refractivity contribution is -0.170. The third-order valence-electron chi connectivity index (χ3n) is 3.54. The lowest BCUT2D eigenvalue weighted by atomic mass is 10.0. The molecule has 1 saturated heterocycles. The molecule has 108 valence electrons. The first kappa shape index (κ1) is 14.5. The van der Waals surface area contributed by atoms with Gasteiger partial charge in [-0.2, -0.15) is 0 Å². The number of carbonyl (C=O) groups excluding carboxylic acids is 2. The van der Waals surface area contributed by atoms with E-state index in [4.69, 9.17) is 4.74 Å². The van der Waals surface area contributed by atoms with Crippen LogP contribution in [0.25, 0.3) is 0 Å². The van der Waals surface area contributed by atoms with Gasteiger partial charge in [0.15, 0.2) is 0 Å². The number of rotatable bonds is 4. The van der Waals surface area contributed by atoms with Gasteiger partial charge in [-0.3, -0.25) is 14.5 Å². The van der Waals surface area contributed by atoms with Crippen LogP contribution in [0.4, 0.5) is 0 Å². The maximum absolute atomic E-state index is 12.1. The molecule has 0 aliphatic carbocycles. The quantitative estimate of drug-likeness (QED) is 0.781. The molecule has 0 saturated carbocycles. The van der Waals surface area contributed by atoms with Gasteiger partial charge in [0.2, 0.25) is 0 Å². The van der Waals surface area contributed by atoms with Gasteiger partial charge in [0.25, 0.3) is 0 Å². The van der Waals surface area contributed by atoms with Gasteiger partial charge in [-0.05, 0) is 12.1 Å². The zero-order chi connectivity index (χ0) is 14.5. The molecule has 0 spiro atoms. The molecular formula is C15H19NO4. The Hall–Kier alpha value is -1.88. The average Bonchev–Trinajstić information content (AvgIpc) is 2.49. The van der Waals surface area contributed by atoms with Crippen LogP contribution in [0.1, 0.15) is 25.0 Å². The number of benzene rings is 1. The van der Waals surface area contributed by atoms with Gasteiger partial charge in [0, 0.05) is 6.54 Å². The van der Waals surface area contributed by atoms with Gasteiger partial charge >= 0.3 is 11.9 Å². The summed E-state index contributed by atoms with van der Waals surface area (Å²) >= 11 is 0. The van der Waals surface area contributed by atoms with Gasteiger partial charge in [-0.15, -0.1) is 0 Å². The summed E-state index contributed by atoms with van der Waals surface area (Å²) in [4.78, 5) is 25.5. The van der Waals surface area contributed by atoms with Gasteiger partial charge in [-0.25, -0.2) is 0 Å². The first-order valence-electron chi connectivity index (χ1n) is 6.72. The fourth-order valence-corrected chi connectivity index (χ4v) is 2.39. The van der Waals surface area contributed by atoms with Gasteiger partial charge in [-0.1, -0.05) is 37.3 Å². The highest BCUT2D eigenvalue weighted by Crippen LogP contribution is 2.26. The van der Waals surface area contributed by atoms with Crippen LogP contribution in [0.3, 0.4) is 0 Å². The Morgan fingerprint density at radius 3 is 2.70 bits per heavy atom. The van der Waals surface area contributed by atoms with E-state index in [0.29, 0.717) is 13.1 Å². The van der Waals surface area contributed by atoms with Crippen molar-refractivity contribution in [1.29, 1.82) is 0 Å². The van der Waals surface area contributed by atoms with Crippen molar-refractivity contribution in [3.63, 3.8) is 0 Å². The van der Waals surface area contributed by atoms with E-state index in [1.54, 1.807) is 0 Å². The molecule has 2 atom stereocenters. The molecule has 5 heteroatoms. The monoisotopic (exact) mass is 277 g/mol. The van der Waals surface area contributed by atoms with Crippen LogP contribution in [0, 0.1) is 0 Å². The Morgan fingerprint density at radius 1 is 1.40 bits per heavy atom. The zero-order valence-corrected chi connectivity index (χ0v) is 11.7. The van der Waals surface area contributed by atoms with Gasteiger partial charge < -0.3 is 9.47 Å². The number of likely N-dealkylation sites (N-methyl/N-ethyl adjacent to an activating group) is 1. The second kappa shape index (κ2) is 6.52. The number of esters is 2. The van der Waals surface area contributed by atoms with E-state index in [-0.39, 0.29) is 18.5 Å². The van der Waals surface area contributed by atoms with Crippen molar-refractivity contribution < 1.29 is 19.1 Å². The van der Waals surface area contributed by atoms with Crippen LogP contribution in [-0.2, 0) is 19.1 Å². The Bertz CT molecular complexity index is 474. The van der Waals surface area contributed by atoms with E-state index >= 15 is 0 Å². The molecule has 0 N–H and O–H groups in total. The predicted molar refractivity (Wildman–Crippen MR) is 72.9 cm³/mol. The summed E-state index contributed by atoms with van der Waals surface area (Å²) in [6, 6.07) is 9.08. The molecule has 1 unspecified atom stereocenters. The van der Waals surface area contributed by atoms with Crippen molar-refractivity contribution in [2.75, 3.05) is 20.2 Å². The van der Waals surface area contributed by atoms with Crippen LogP contribution in [0.15, 0.2) is 30.3 Å². The number of carbonyl (C=O) groups is 2. The Morgan fingerprint density at radius 2 is 2.10 bits per heavy atom. The summed E-state index contributed by atoms with van der Waals surface area (Å²) in [5.74, 6) is -0.763. The Balaban J connectivity index is 2.11. The van der Waals surface area contributed by atoms with Crippen LogP contribution < -0.4 is 0 Å². The fourth-order valence-electron chi connectivity index (χ4n) is 2.39. The van der Waals surface area contributed by atoms with Crippen molar-refractivity contribution in [2.24, 2.45) is 0 Å². The third kappa shape index (κ3) is 3.17. The second-order valence-corrected chi connectivity index (χ2v) is 4.72. The minimum atomic E-state index is -0.549. The van der Waals surface area contributed by atoms with Crippen molar-refractivity contribution in [3.8, 4) is 0 Å².